The van der Waals surface area contributed by atoms with Gasteiger partial charge in [-0.05, 0) is 30.2 Å². The molecule has 0 aliphatic carbocycles. The van der Waals surface area contributed by atoms with Crippen LogP contribution in [-0.2, 0) is 22.3 Å². The van der Waals surface area contributed by atoms with E-state index >= 15 is 0 Å². The van der Waals surface area contributed by atoms with Gasteiger partial charge in [0, 0.05) is 18.7 Å². The van der Waals surface area contributed by atoms with Crippen molar-refractivity contribution in [1.82, 2.24) is 5.32 Å². The first-order valence-electron chi connectivity index (χ1n) is 6.74. The maximum Gasteiger partial charge on any atom is 0.416 e. The summed E-state index contributed by atoms with van der Waals surface area (Å²) in [6.45, 7) is 1.43. The van der Waals surface area contributed by atoms with Crippen LogP contribution in [0.4, 0.5) is 18.9 Å². The fourth-order valence-electron chi connectivity index (χ4n) is 1.75. The van der Waals surface area contributed by atoms with Crippen LogP contribution in [-0.4, -0.2) is 18.4 Å². The van der Waals surface area contributed by atoms with E-state index in [4.69, 9.17) is 5.73 Å². The third-order valence-electron chi connectivity index (χ3n) is 2.76. The zero-order valence-corrected chi connectivity index (χ0v) is 12.1. The van der Waals surface area contributed by atoms with E-state index in [1.165, 1.54) is 6.07 Å². The van der Waals surface area contributed by atoms with Crippen molar-refractivity contribution in [3.63, 3.8) is 0 Å². The molecule has 22 heavy (non-hydrogen) atoms. The lowest BCUT2D eigenvalue weighted by molar-refractivity contribution is -0.137. The number of hydrogen-bond donors (Lipinski definition) is 3. The minimum Gasteiger partial charge on any atom is -0.347 e. The predicted octanol–water partition coefficient (Wildman–Crippen LogP) is 2.02. The van der Waals surface area contributed by atoms with Crippen molar-refractivity contribution in [2.24, 2.45) is 5.73 Å². The molecule has 2 amide bonds. The number of carbonyl (C=O) groups excluding carboxylic acids is 2. The van der Waals surface area contributed by atoms with Crippen LogP contribution in [0.25, 0.3) is 0 Å². The molecule has 0 radical (unpaired) electrons. The molecule has 0 bridgehead atoms. The van der Waals surface area contributed by atoms with Crippen molar-refractivity contribution >= 4 is 17.5 Å². The summed E-state index contributed by atoms with van der Waals surface area (Å²) in [5.74, 6) is -0.893. The largest absolute Gasteiger partial charge is 0.416 e. The Morgan fingerprint density at radius 3 is 2.41 bits per heavy atom. The second-order valence-corrected chi connectivity index (χ2v) is 4.70. The Morgan fingerprint density at radius 1 is 1.18 bits per heavy atom. The maximum atomic E-state index is 12.7. The molecule has 122 valence electrons. The molecule has 0 aliphatic heterocycles. The quantitative estimate of drug-likeness (QED) is 0.750. The Labute approximate surface area is 126 Å². The van der Waals surface area contributed by atoms with E-state index < -0.39 is 17.6 Å². The molecule has 0 fully saturated rings. The lowest BCUT2D eigenvalue weighted by Crippen LogP contribution is -2.32. The number of alkyl halides is 3. The summed E-state index contributed by atoms with van der Waals surface area (Å²) in [7, 11) is 0. The molecule has 0 aliphatic rings. The smallest absolute Gasteiger partial charge is 0.347 e. The molecule has 1 aromatic rings. The standard InChI is InChI=1S/C14H18F3N3O2/c1-2-3-12(21)19-8-13(22)20-11-5-9(7-18)4-10(6-11)14(15,16)17/h4-6H,2-3,7-8,18H2,1H3,(H,19,21)(H,20,22). The summed E-state index contributed by atoms with van der Waals surface area (Å²) < 4.78 is 38.2. The lowest BCUT2D eigenvalue weighted by atomic mass is 10.1. The van der Waals surface area contributed by atoms with Crippen LogP contribution in [0.5, 0.6) is 0 Å². The number of nitrogens with one attached hydrogen (secondary N) is 2. The van der Waals surface area contributed by atoms with Gasteiger partial charge in [0.15, 0.2) is 0 Å². The number of amides is 2. The Bertz CT molecular complexity index is 545. The van der Waals surface area contributed by atoms with E-state index in [2.05, 4.69) is 10.6 Å². The second kappa shape index (κ2) is 7.79. The Hall–Kier alpha value is -2.09. The number of rotatable bonds is 6. The van der Waals surface area contributed by atoms with Gasteiger partial charge in [0.05, 0.1) is 12.1 Å². The van der Waals surface area contributed by atoms with Gasteiger partial charge < -0.3 is 16.4 Å². The monoisotopic (exact) mass is 317 g/mol. The highest BCUT2D eigenvalue weighted by Gasteiger charge is 2.31. The molecule has 1 aromatic carbocycles. The molecule has 1 rings (SSSR count). The topological polar surface area (TPSA) is 84.2 Å². The molecular formula is C14H18F3N3O2. The van der Waals surface area contributed by atoms with E-state index in [9.17, 15) is 22.8 Å². The predicted molar refractivity (Wildman–Crippen MR) is 75.9 cm³/mol. The van der Waals surface area contributed by atoms with Gasteiger partial charge in [0.2, 0.25) is 11.8 Å². The van der Waals surface area contributed by atoms with Gasteiger partial charge in [0.1, 0.15) is 0 Å². The molecular weight excluding hydrogens is 299 g/mol. The number of benzene rings is 1. The summed E-state index contributed by atoms with van der Waals surface area (Å²) in [4.78, 5) is 22.9. The number of hydrogen-bond acceptors (Lipinski definition) is 3. The second-order valence-electron chi connectivity index (χ2n) is 4.70. The molecule has 0 saturated heterocycles. The lowest BCUT2D eigenvalue weighted by Gasteiger charge is -2.12. The van der Waals surface area contributed by atoms with E-state index in [1.54, 1.807) is 0 Å². The third-order valence-corrected chi connectivity index (χ3v) is 2.76. The van der Waals surface area contributed by atoms with E-state index in [0.717, 1.165) is 12.1 Å². The van der Waals surface area contributed by atoms with Crippen molar-refractivity contribution in [3.8, 4) is 0 Å². The SMILES string of the molecule is CCCC(=O)NCC(=O)Nc1cc(CN)cc(C(F)(F)F)c1. The van der Waals surface area contributed by atoms with E-state index in [1.807, 2.05) is 6.92 Å². The van der Waals surface area contributed by atoms with Gasteiger partial charge >= 0.3 is 6.18 Å². The Morgan fingerprint density at radius 2 is 1.86 bits per heavy atom. The van der Waals surface area contributed by atoms with Gasteiger partial charge in [-0.1, -0.05) is 6.92 Å². The van der Waals surface area contributed by atoms with Crippen molar-refractivity contribution in [3.05, 3.63) is 29.3 Å². The molecule has 5 nitrogen and oxygen atoms in total. The number of carbonyl (C=O) groups is 2. The molecule has 0 aromatic heterocycles. The average Bonchev–Trinajstić information content (AvgIpc) is 2.44. The van der Waals surface area contributed by atoms with E-state index in [-0.39, 0.29) is 36.7 Å². The molecule has 0 saturated carbocycles. The van der Waals surface area contributed by atoms with Crippen molar-refractivity contribution in [1.29, 1.82) is 0 Å². The number of nitrogens with two attached hydrogens (primary N) is 1. The number of halogens is 3. The summed E-state index contributed by atoms with van der Waals surface area (Å²) >= 11 is 0. The first-order chi connectivity index (χ1) is 10.3. The summed E-state index contributed by atoms with van der Waals surface area (Å²) in [5, 5.41) is 4.70. The van der Waals surface area contributed by atoms with Gasteiger partial charge in [-0.15, -0.1) is 0 Å². The van der Waals surface area contributed by atoms with E-state index in [0.29, 0.717) is 6.42 Å². The number of anilines is 1. The Balaban J connectivity index is 2.76. The maximum absolute atomic E-state index is 12.7. The van der Waals surface area contributed by atoms with Crippen molar-refractivity contribution in [2.75, 3.05) is 11.9 Å². The van der Waals surface area contributed by atoms with Gasteiger partial charge in [-0.25, -0.2) is 0 Å². The molecule has 0 unspecified atom stereocenters. The first-order valence-corrected chi connectivity index (χ1v) is 6.74. The fourth-order valence-corrected chi connectivity index (χ4v) is 1.75. The van der Waals surface area contributed by atoms with Crippen molar-refractivity contribution < 1.29 is 22.8 Å². The van der Waals surface area contributed by atoms with Crippen LogP contribution in [0, 0.1) is 0 Å². The zero-order chi connectivity index (χ0) is 16.8. The van der Waals surface area contributed by atoms with Crippen LogP contribution in [0.3, 0.4) is 0 Å². The van der Waals surface area contributed by atoms with Gasteiger partial charge in [-0.2, -0.15) is 13.2 Å². The molecule has 4 N–H and O–H groups in total. The minimum atomic E-state index is -4.53. The highest BCUT2D eigenvalue weighted by Crippen LogP contribution is 2.31. The normalized spacial score (nSPS) is 11.1. The molecule has 8 heteroatoms. The molecule has 0 atom stereocenters. The minimum absolute atomic E-state index is 0.00924. The summed E-state index contributed by atoms with van der Waals surface area (Å²) in [6.07, 6.45) is -3.60. The molecule has 0 spiro atoms. The summed E-state index contributed by atoms with van der Waals surface area (Å²) in [6, 6.07) is 3.12. The van der Waals surface area contributed by atoms with Gasteiger partial charge in [-0.3, -0.25) is 9.59 Å². The molecule has 0 heterocycles. The summed E-state index contributed by atoms with van der Waals surface area (Å²) in [5.41, 5.74) is 4.71. The average molecular weight is 317 g/mol. The van der Waals surface area contributed by atoms with Crippen LogP contribution in [0.2, 0.25) is 0 Å². The van der Waals surface area contributed by atoms with Crippen LogP contribution >= 0.6 is 0 Å². The third kappa shape index (κ3) is 5.72. The van der Waals surface area contributed by atoms with Crippen molar-refractivity contribution in [2.45, 2.75) is 32.5 Å². The highest BCUT2D eigenvalue weighted by molar-refractivity contribution is 5.94. The first kappa shape index (κ1) is 18.0. The van der Waals surface area contributed by atoms with Crippen LogP contribution in [0.15, 0.2) is 18.2 Å². The fraction of sp³-hybridized carbons (Fsp3) is 0.429. The van der Waals surface area contributed by atoms with Crippen LogP contribution < -0.4 is 16.4 Å². The Kier molecular flexibility index (Phi) is 6.36. The van der Waals surface area contributed by atoms with Crippen LogP contribution in [0.1, 0.15) is 30.9 Å². The zero-order valence-electron chi connectivity index (χ0n) is 12.1. The highest BCUT2D eigenvalue weighted by atomic mass is 19.4. The van der Waals surface area contributed by atoms with Gasteiger partial charge in [0.25, 0.3) is 0 Å².